The van der Waals surface area contributed by atoms with Crippen molar-refractivity contribution in [1.82, 2.24) is 0 Å². The minimum Gasteiger partial charge on any atom is -0.309 e. The number of rotatable bonds is 14. The fourth-order valence-electron chi connectivity index (χ4n) is 2.04. The van der Waals surface area contributed by atoms with E-state index in [1.54, 1.807) is 0 Å². The second kappa shape index (κ2) is 13.5. The van der Waals surface area contributed by atoms with Crippen LogP contribution in [0.3, 0.4) is 0 Å². The monoisotopic (exact) mass is 310 g/mol. The molecule has 0 rings (SSSR count). The molecule has 5 heteroatoms. The van der Waals surface area contributed by atoms with E-state index < -0.39 is 7.60 Å². The zero-order chi connectivity index (χ0) is 14.4. The van der Waals surface area contributed by atoms with Crippen LogP contribution in [0.5, 0.6) is 0 Å². The van der Waals surface area contributed by atoms with E-state index in [2.05, 4.69) is 12.6 Å². The molecule has 3 nitrogen and oxygen atoms in total. The molecule has 0 fully saturated rings. The summed E-state index contributed by atoms with van der Waals surface area (Å²) >= 11 is 4.20. The van der Waals surface area contributed by atoms with Crippen LogP contribution in [-0.2, 0) is 13.6 Å². The Bertz CT molecular complexity index is 227. The molecule has 0 radical (unpaired) electrons. The van der Waals surface area contributed by atoms with Crippen LogP contribution in [0.2, 0.25) is 0 Å². The Balaban J connectivity index is 3.47. The molecule has 0 heterocycles. The van der Waals surface area contributed by atoms with Gasteiger partial charge in [0.25, 0.3) is 0 Å². The molecule has 0 aliphatic heterocycles. The van der Waals surface area contributed by atoms with Gasteiger partial charge in [0.2, 0.25) is 0 Å². The second-order valence-corrected chi connectivity index (χ2v) is 7.35. The Morgan fingerprint density at radius 2 is 1.21 bits per heavy atom. The highest BCUT2D eigenvalue weighted by molar-refractivity contribution is 7.80. The number of hydrogen-bond acceptors (Lipinski definition) is 4. The molecule has 0 aromatic carbocycles. The van der Waals surface area contributed by atoms with Crippen LogP contribution in [0.15, 0.2) is 0 Å². The Hall–Kier alpha value is 0.500. The summed E-state index contributed by atoms with van der Waals surface area (Å²) in [4.78, 5) is 0. The molecule has 0 saturated carbocycles. The average molecular weight is 310 g/mol. The molecular weight excluding hydrogens is 279 g/mol. The number of thiol groups is 1. The summed E-state index contributed by atoms with van der Waals surface area (Å²) in [7, 11) is -2.80. The summed E-state index contributed by atoms with van der Waals surface area (Å²) < 4.78 is 22.7. The number of hydrogen-bond donors (Lipinski definition) is 1. The van der Waals surface area contributed by atoms with Crippen LogP contribution < -0.4 is 0 Å². The van der Waals surface area contributed by atoms with Gasteiger partial charge in [0, 0.05) is 0 Å². The van der Waals surface area contributed by atoms with Crippen molar-refractivity contribution in [2.75, 3.05) is 25.1 Å². The quantitative estimate of drug-likeness (QED) is 0.268. The number of unbranched alkanes of at least 4 members (excludes halogenated alkanes) is 7. The van der Waals surface area contributed by atoms with Crippen molar-refractivity contribution in [1.29, 1.82) is 0 Å². The normalized spacial score (nSPS) is 11.9. The van der Waals surface area contributed by atoms with Gasteiger partial charge in [-0.05, 0) is 32.4 Å². The first kappa shape index (κ1) is 19.5. The Morgan fingerprint density at radius 3 is 1.63 bits per heavy atom. The molecule has 0 saturated heterocycles. The first-order chi connectivity index (χ1) is 9.18. The van der Waals surface area contributed by atoms with E-state index in [0.717, 1.165) is 18.6 Å². The molecule has 0 N–H and O–H groups in total. The minimum atomic E-state index is -2.80. The molecule has 0 atom stereocenters. The maximum atomic E-state index is 12.2. The standard InChI is InChI=1S/C14H31O3PS/c1-3-16-18(15,17-4-2)13-11-9-7-5-6-8-10-12-14-19/h19H,3-14H2,1-2H3. The van der Waals surface area contributed by atoms with Crippen molar-refractivity contribution in [3.63, 3.8) is 0 Å². The van der Waals surface area contributed by atoms with Crippen molar-refractivity contribution in [3.05, 3.63) is 0 Å². The molecule has 0 spiro atoms. The van der Waals surface area contributed by atoms with Crippen molar-refractivity contribution >= 4 is 20.2 Å². The van der Waals surface area contributed by atoms with Crippen LogP contribution >= 0.6 is 20.2 Å². The molecule has 0 aliphatic rings. The van der Waals surface area contributed by atoms with E-state index in [-0.39, 0.29) is 0 Å². The predicted molar refractivity (Wildman–Crippen MR) is 86.5 cm³/mol. The fraction of sp³-hybridized carbons (Fsp3) is 1.00. The lowest BCUT2D eigenvalue weighted by Gasteiger charge is -2.16. The van der Waals surface area contributed by atoms with Gasteiger partial charge in [0.05, 0.1) is 19.4 Å². The largest absolute Gasteiger partial charge is 0.330 e. The topological polar surface area (TPSA) is 35.5 Å². The highest BCUT2D eigenvalue weighted by Gasteiger charge is 2.22. The lowest BCUT2D eigenvalue weighted by molar-refractivity contribution is 0.219. The van der Waals surface area contributed by atoms with E-state index in [1.165, 1.54) is 38.5 Å². The lowest BCUT2D eigenvalue weighted by atomic mass is 10.1. The molecule has 19 heavy (non-hydrogen) atoms. The van der Waals surface area contributed by atoms with Gasteiger partial charge in [-0.3, -0.25) is 4.57 Å². The van der Waals surface area contributed by atoms with Gasteiger partial charge in [-0.15, -0.1) is 0 Å². The summed E-state index contributed by atoms with van der Waals surface area (Å²) in [6.07, 6.45) is 10.3. The summed E-state index contributed by atoms with van der Waals surface area (Å²) in [6.45, 7) is 4.64. The molecule has 0 aromatic heterocycles. The van der Waals surface area contributed by atoms with Crippen molar-refractivity contribution in [2.24, 2.45) is 0 Å². The Labute approximate surface area is 124 Å². The van der Waals surface area contributed by atoms with E-state index >= 15 is 0 Å². The minimum absolute atomic E-state index is 0.461. The van der Waals surface area contributed by atoms with Crippen LogP contribution in [0, 0.1) is 0 Å². The van der Waals surface area contributed by atoms with Crippen LogP contribution in [0.25, 0.3) is 0 Å². The van der Waals surface area contributed by atoms with Crippen molar-refractivity contribution < 1.29 is 13.6 Å². The highest BCUT2D eigenvalue weighted by atomic mass is 32.1. The fourth-order valence-corrected chi connectivity index (χ4v) is 3.99. The molecule has 0 aliphatic carbocycles. The van der Waals surface area contributed by atoms with E-state index in [9.17, 15) is 4.57 Å². The maximum Gasteiger partial charge on any atom is 0.330 e. The predicted octanol–water partition coefficient (Wildman–Crippen LogP) is 5.30. The van der Waals surface area contributed by atoms with Crippen LogP contribution in [-0.4, -0.2) is 25.1 Å². The molecular formula is C14H31O3PS. The summed E-state index contributed by atoms with van der Waals surface area (Å²) in [6, 6.07) is 0. The third-order valence-corrected chi connectivity index (χ3v) is 5.48. The zero-order valence-corrected chi connectivity index (χ0v) is 14.4. The van der Waals surface area contributed by atoms with Gasteiger partial charge in [0.15, 0.2) is 0 Å². The van der Waals surface area contributed by atoms with E-state index in [4.69, 9.17) is 9.05 Å². The average Bonchev–Trinajstić information content (AvgIpc) is 2.37. The van der Waals surface area contributed by atoms with Gasteiger partial charge in [-0.2, -0.15) is 12.6 Å². The first-order valence-corrected chi connectivity index (χ1v) is 10.0. The van der Waals surface area contributed by atoms with Gasteiger partial charge in [-0.1, -0.05) is 38.5 Å². The Kier molecular flexibility index (Phi) is 13.8. The highest BCUT2D eigenvalue weighted by Crippen LogP contribution is 2.48. The van der Waals surface area contributed by atoms with Gasteiger partial charge in [0.1, 0.15) is 0 Å². The first-order valence-electron chi connectivity index (χ1n) is 7.67. The van der Waals surface area contributed by atoms with Crippen molar-refractivity contribution in [3.8, 4) is 0 Å². The van der Waals surface area contributed by atoms with Crippen LogP contribution in [0.1, 0.15) is 65.2 Å². The molecule has 0 amide bonds. The summed E-state index contributed by atoms with van der Waals surface area (Å²) in [5, 5.41) is 0. The second-order valence-electron chi connectivity index (χ2n) is 4.72. The van der Waals surface area contributed by atoms with E-state index in [1.807, 2.05) is 13.8 Å². The van der Waals surface area contributed by atoms with Crippen LogP contribution in [0.4, 0.5) is 0 Å². The van der Waals surface area contributed by atoms with Gasteiger partial charge in [-0.25, -0.2) is 0 Å². The molecule has 116 valence electrons. The van der Waals surface area contributed by atoms with Gasteiger partial charge < -0.3 is 9.05 Å². The third-order valence-electron chi connectivity index (χ3n) is 2.99. The third kappa shape index (κ3) is 12.0. The van der Waals surface area contributed by atoms with Crippen molar-refractivity contribution in [2.45, 2.75) is 65.2 Å². The molecule has 0 bridgehead atoms. The Morgan fingerprint density at radius 1 is 0.789 bits per heavy atom. The smallest absolute Gasteiger partial charge is 0.309 e. The lowest BCUT2D eigenvalue weighted by Crippen LogP contribution is -2.00. The summed E-state index contributed by atoms with van der Waals surface area (Å²) in [5.41, 5.74) is 0. The molecule has 0 aromatic rings. The zero-order valence-electron chi connectivity index (χ0n) is 12.6. The summed E-state index contributed by atoms with van der Waals surface area (Å²) in [5.74, 6) is 1.00. The van der Waals surface area contributed by atoms with E-state index in [0.29, 0.717) is 19.4 Å². The maximum absolute atomic E-state index is 12.2. The SMILES string of the molecule is CCOP(=O)(CCCCCCCCCCS)OCC. The van der Waals surface area contributed by atoms with Gasteiger partial charge >= 0.3 is 7.60 Å². The molecule has 0 unspecified atom stereocenters.